The van der Waals surface area contributed by atoms with Crippen molar-refractivity contribution in [2.75, 3.05) is 6.61 Å². The van der Waals surface area contributed by atoms with Crippen molar-refractivity contribution in [1.29, 1.82) is 0 Å². The number of rotatable bonds is 4. The highest BCUT2D eigenvalue weighted by Crippen LogP contribution is 2.29. The van der Waals surface area contributed by atoms with Gasteiger partial charge in [0.25, 0.3) is 0 Å². The van der Waals surface area contributed by atoms with Crippen molar-refractivity contribution >= 4 is 22.3 Å². The molecule has 0 saturated heterocycles. The molecule has 0 unspecified atom stereocenters. The molecule has 0 fully saturated rings. The summed E-state index contributed by atoms with van der Waals surface area (Å²) < 4.78 is 10.9. The zero-order chi connectivity index (χ0) is 17.2. The quantitative estimate of drug-likeness (QED) is 0.488. The van der Waals surface area contributed by atoms with E-state index in [0.29, 0.717) is 22.8 Å². The first-order chi connectivity index (χ1) is 12.2. The van der Waals surface area contributed by atoms with Crippen molar-refractivity contribution in [2.45, 2.75) is 6.92 Å². The lowest BCUT2D eigenvalue weighted by Gasteiger charge is -2.03. The molecule has 2 aromatic heterocycles. The number of thiazole rings is 1. The van der Waals surface area contributed by atoms with Crippen LogP contribution in [0.2, 0.25) is 0 Å². The van der Waals surface area contributed by atoms with Crippen LogP contribution in [-0.2, 0) is 0 Å². The molecule has 0 spiro atoms. The molecule has 0 radical (unpaired) electrons. The number of hydrogen-bond donors (Lipinski definition) is 0. The number of hydrogen-bond acceptors (Lipinski definition) is 5. The molecule has 0 aliphatic carbocycles. The number of aromatic nitrogens is 1. The second kappa shape index (κ2) is 6.53. The van der Waals surface area contributed by atoms with Gasteiger partial charge < -0.3 is 9.15 Å². The summed E-state index contributed by atoms with van der Waals surface area (Å²) in [4.78, 5) is 16.9. The Labute approximate surface area is 148 Å². The van der Waals surface area contributed by atoms with Gasteiger partial charge in [-0.05, 0) is 43.3 Å². The minimum absolute atomic E-state index is 0.369. The number of para-hydroxylation sites is 1. The molecule has 0 amide bonds. The summed E-state index contributed by atoms with van der Waals surface area (Å²) in [6.45, 7) is 2.59. The Hall–Kier alpha value is -2.92. The predicted molar refractivity (Wildman–Crippen MR) is 100 cm³/mol. The van der Waals surface area contributed by atoms with Crippen LogP contribution in [0.5, 0.6) is 5.75 Å². The fourth-order valence-corrected chi connectivity index (χ4v) is 3.46. The fourth-order valence-electron chi connectivity index (χ4n) is 2.63. The summed E-state index contributed by atoms with van der Waals surface area (Å²) in [5, 5.41) is 3.48. The maximum Gasteiger partial charge on any atom is 0.346 e. The van der Waals surface area contributed by atoms with E-state index >= 15 is 0 Å². The molecular formula is C20H15NO3S. The summed E-state index contributed by atoms with van der Waals surface area (Å²) in [6, 6.07) is 17.1. The van der Waals surface area contributed by atoms with Gasteiger partial charge in [-0.2, -0.15) is 0 Å². The smallest absolute Gasteiger partial charge is 0.346 e. The van der Waals surface area contributed by atoms with E-state index in [2.05, 4.69) is 4.98 Å². The first-order valence-corrected chi connectivity index (χ1v) is 8.84. The van der Waals surface area contributed by atoms with Gasteiger partial charge in [-0.3, -0.25) is 0 Å². The van der Waals surface area contributed by atoms with Crippen molar-refractivity contribution < 1.29 is 9.15 Å². The van der Waals surface area contributed by atoms with E-state index in [0.717, 1.165) is 22.4 Å². The highest BCUT2D eigenvalue weighted by Gasteiger charge is 2.12. The molecule has 124 valence electrons. The number of fused-ring (bicyclic) bond motifs is 1. The number of benzene rings is 2. The van der Waals surface area contributed by atoms with E-state index in [1.807, 2.05) is 60.8 Å². The molecule has 5 heteroatoms. The van der Waals surface area contributed by atoms with Gasteiger partial charge in [0.05, 0.1) is 17.9 Å². The van der Waals surface area contributed by atoms with Gasteiger partial charge >= 0.3 is 5.63 Å². The third-order valence-corrected chi connectivity index (χ3v) is 4.71. The molecule has 4 aromatic rings. The van der Waals surface area contributed by atoms with Gasteiger partial charge in [0, 0.05) is 16.3 Å². The first-order valence-electron chi connectivity index (χ1n) is 7.96. The SMILES string of the molecule is CCOc1ccc(-c2csc(-c3cc4ccccc4oc3=O)n2)cc1. The van der Waals surface area contributed by atoms with Crippen LogP contribution in [0.1, 0.15) is 6.92 Å². The van der Waals surface area contributed by atoms with Gasteiger partial charge in [0.1, 0.15) is 16.3 Å². The van der Waals surface area contributed by atoms with E-state index in [1.165, 1.54) is 11.3 Å². The Bertz CT molecular complexity index is 1080. The van der Waals surface area contributed by atoms with Crippen LogP contribution in [-0.4, -0.2) is 11.6 Å². The molecule has 4 nitrogen and oxygen atoms in total. The lowest BCUT2D eigenvalue weighted by Crippen LogP contribution is -2.02. The van der Waals surface area contributed by atoms with Gasteiger partial charge in [-0.25, -0.2) is 9.78 Å². The monoisotopic (exact) mass is 349 g/mol. The van der Waals surface area contributed by atoms with Gasteiger partial charge in [0.15, 0.2) is 0 Å². The summed E-state index contributed by atoms with van der Waals surface area (Å²) in [5.74, 6) is 0.830. The highest BCUT2D eigenvalue weighted by molar-refractivity contribution is 7.13. The van der Waals surface area contributed by atoms with Crippen molar-refractivity contribution in [1.82, 2.24) is 4.98 Å². The third kappa shape index (κ3) is 3.06. The van der Waals surface area contributed by atoms with Crippen molar-refractivity contribution in [3.8, 4) is 27.6 Å². The molecule has 4 rings (SSSR count). The van der Waals surface area contributed by atoms with E-state index in [1.54, 1.807) is 6.07 Å². The minimum atomic E-state index is -0.369. The van der Waals surface area contributed by atoms with Crippen LogP contribution in [0.15, 0.2) is 69.2 Å². The predicted octanol–water partition coefficient (Wildman–Crippen LogP) is 4.98. The topological polar surface area (TPSA) is 52.3 Å². The zero-order valence-electron chi connectivity index (χ0n) is 13.6. The Morgan fingerprint density at radius 3 is 2.72 bits per heavy atom. The zero-order valence-corrected chi connectivity index (χ0v) is 14.4. The van der Waals surface area contributed by atoms with Crippen LogP contribution < -0.4 is 10.4 Å². The Kier molecular flexibility index (Phi) is 4.07. The van der Waals surface area contributed by atoms with Crippen LogP contribution in [0.25, 0.3) is 32.8 Å². The molecule has 0 aliphatic heterocycles. The molecule has 2 heterocycles. The van der Waals surface area contributed by atoms with E-state index in [-0.39, 0.29) is 5.63 Å². The Balaban J connectivity index is 1.71. The second-order valence-corrected chi connectivity index (χ2v) is 6.34. The summed E-state index contributed by atoms with van der Waals surface area (Å²) in [7, 11) is 0. The molecule has 2 aromatic carbocycles. The van der Waals surface area contributed by atoms with Crippen LogP contribution >= 0.6 is 11.3 Å². The molecule has 25 heavy (non-hydrogen) atoms. The standard InChI is InChI=1S/C20H15NO3S/c1-2-23-15-9-7-13(8-10-15)17-12-25-19(21-17)16-11-14-5-3-4-6-18(14)24-20(16)22/h3-12H,2H2,1H3. The summed E-state index contributed by atoms with van der Waals surface area (Å²) in [5.41, 5.74) is 2.51. The van der Waals surface area contributed by atoms with Crippen molar-refractivity contribution in [2.24, 2.45) is 0 Å². The summed E-state index contributed by atoms with van der Waals surface area (Å²) >= 11 is 1.43. The van der Waals surface area contributed by atoms with Crippen molar-refractivity contribution in [3.05, 3.63) is 70.4 Å². The molecule has 0 saturated carbocycles. The number of ether oxygens (including phenoxy) is 1. The third-order valence-electron chi connectivity index (χ3n) is 3.84. The second-order valence-electron chi connectivity index (χ2n) is 5.48. The molecule has 0 aliphatic rings. The normalized spacial score (nSPS) is 10.9. The molecule has 0 bridgehead atoms. The Morgan fingerprint density at radius 1 is 1.12 bits per heavy atom. The first kappa shape index (κ1) is 15.6. The van der Waals surface area contributed by atoms with Gasteiger partial charge in [-0.15, -0.1) is 11.3 Å². The van der Waals surface area contributed by atoms with Crippen LogP contribution in [0, 0.1) is 0 Å². The molecular weight excluding hydrogens is 334 g/mol. The van der Waals surface area contributed by atoms with E-state index < -0.39 is 0 Å². The van der Waals surface area contributed by atoms with Gasteiger partial charge in [0.2, 0.25) is 0 Å². The van der Waals surface area contributed by atoms with Crippen LogP contribution in [0.3, 0.4) is 0 Å². The largest absolute Gasteiger partial charge is 0.494 e. The lowest BCUT2D eigenvalue weighted by molar-refractivity contribution is 0.340. The highest BCUT2D eigenvalue weighted by atomic mass is 32.1. The maximum absolute atomic E-state index is 12.3. The molecule has 0 atom stereocenters. The maximum atomic E-state index is 12.3. The fraction of sp³-hybridized carbons (Fsp3) is 0.100. The average Bonchev–Trinajstić information content (AvgIpc) is 3.12. The van der Waals surface area contributed by atoms with E-state index in [9.17, 15) is 4.79 Å². The van der Waals surface area contributed by atoms with Crippen molar-refractivity contribution in [3.63, 3.8) is 0 Å². The minimum Gasteiger partial charge on any atom is -0.494 e. The Morgan fingerprint density at radius 2 is 1.92 bits per heavy atom. The van der Waals surface area contributed by atoms with E-state index in [4.69, 9.17) is 9.15 Å². The summed E-state index contributed by atoms with van der Waals surface area (Å²) in [6.07, 6.45) is 0. The lowest BCUT2D eigenvalue weighted by atomic mass is 10.1. The average molecular weight is 349 g/mol. The number of nitrogens with zero attached hydrogens (tertiary/aromatic N) is 1. The van der Waals surface area contributed by atoms with Crippen LogP contribution in [0.4, 0.5) is 0 Å². The van der Waals surface area contributed by atoms with Gasteiger partial charge in [-0.1, -0.05) is 18.2 Å². The molecule has 0 N–H and O–H groups in total.